The van der Waals surface area contributed by atoms with Crippen molar-refractivity contribution in [1.82, 2.24) is 9.61 Å². The van der Waals surface area contributed by atoms with E-state index in [9.17, 15) is 4.79 Å². The third kappa shape index (κ3) is 3.06. The lowest BCUT2D eigenvalue weighted by atomic mass is 9.89. The van der Waals surface area contributed by atoms with E-state index in [-0.39, 0.29) is 11.4 Å². The third-order valence-electron chi connectivity index (χ3n) is 4.61. The van der Waals surface area contributed by atoms with E-state index in [1.54, 1.807) is 22.5 Å². The van der Waals surface area contributed by atoms with E-state index >= 15 is 0 Å². The summed E-state index contributed by atoms with van der Waals surface area (Å²) < 4.78 is 1.68. The molecule has 0 spiro atoms. The average Bonchev–Trinajstić information content (AvgIpc) is 3.06. The van der Waals surface area contributed by atoms with Crippen molar-refractivity contribution in [3.05, 3.63) is 66.0 Å². The number of carbonyl (C=O) groups is 1. The molecule has 0 unspecified atom stereocenters. The van der Waals surface area contributed by atoms with E-state index in [1.165, 1.54) is 0 Å². The molecule has 3 heterocycles. The summed E-state index contributed by atoms with van der Waals surface area (Å²) in [6.07, 6.45) is 4.31. The Balaban J connectivity index is 1.61. The molecule has 0 saturated heterocycles. The van der Waals surface area contributed by atoms with Gasteiger partial charge in [-0.3, -0.25) is 9.79 Å². The molecule has 26 heavy (non-hydrogen) atoms. The number of anilines is 1. The Bertz CT molecular complexity index is 1010. The van der Waals surface area contributed by atoms with Crippen molar-refractivity contribution in [1.29, 1.82) is 0 Å². The minimum absolute atomic E-state index is 0.185. The van der Waals surface area contributed by atoms with Gasteiger partial charge in [0.25, 0.3) is 5.91 Å². The second-order valence-corrected chi connectivity index (χ2v) is 7.56. The van der Waals surface area contributed by atoms with Crippen LogP contribution in [0.2, 0.25) is 0 Å². The van der Waals surface area contributed by atoms with Crippen molar-refractivity contribution < 1.29 is 4.79 Å². The van der Waals surface area contributed by atoms with Crippen LogP contribution in [0, 0.1) is 0 Å². The summed E-state index contributed by atoms with van der Waals surface area (Å²) >= 11 is 1.58. The molecule has 6 nitrogen and oxygen atoms in total. The summed E-state index contributed by atoms with van der Waals surface area (Å²) in [5.41, 5.74) is 8.64. The van der Waals surface area contributed by atoms with E-state index in [4.69, 9.17) is 5.73 Å². The number of pyridine rings is 1. The lowest BCUT2D eigenvalue weighted by Gasteiger charge is -2.30. The number of amidine groups is 1. The van der Waals surface area contributed by atoms with Crippen molar-refractivity contribution in [3.8, 4) is 0 Å². The highest BCUT2D eigenvalue weighted by Crippen LogP contribution is 2.35. The Morgan fingerprint density at radius 3 is 3.04 bits per heavy atom. The number of benzene rings is 1. The molecular weight excluding hydrogens is 346 g/mol. The maximum atomic E-state index is 12.7. The van der Waals surface area contributed by atoms with Gasteiger partial charge in [0.05, 0.1) is 22.8 Å². The highest BCUT2D eigenvalue weighted by Gasteiger charge is 2.29. The number of nitrogens with two attached hydrogens (primary N) is 1. The van der Waals surface area contributed by atoms with Gasteiger partial charge in [0.2, 0.25) is 0 Å². The van der Waals surface area contributed by atoms with Gasteiger partial charge < -0.3 is 11.1 Å². The van der Waals surface area contributed by atoms with Crippen LogP contribution < -0.4 is 11.1 Å². The molecule has 0 aliphatic carbocycles. The lowest BCUT2D eigenvalue weighted by molar-refractivity contribution is 0.102. The number of nitrogens with zero attached hydrogens (tertiary/aromatic N) is 3. The van der Waals surface area contributed by atoms with Crippen LogP contribution in [-0.4, -0.2) is 26.4 Å². The van der Waals surface area contributed by atoms with Gasteiger partial charge in [-0.25, -0.2) is 4.52 Å². The second-order valence-electron chi connectivity index (χ2n) is 6.45. The summed E-state index contributed by atoms with van der Waals surface area (Å²) in [6.45, 7) is 2.08. The van der Waals surface area contributed by atoms with Gasteiger partial charge in [-0.2, -0.15) is 5.10 Å². The smallest absolute Gasteiger partial charge is 0.259 e. The number of hydrogen-bond donors (Lipinski definition) is 2. The first-order chi connectivity index (χ1) is 12.5. The summed E-state index contributed by atoms with van der Waals surface area (Å²) in [7, 11) is 0. The minimum Gasteiger partial charge on any atom is -0.379 e. The number of rotatable bonds is 3. The highest BCUT2D eigenvalue weighted by molar-refractivity contribution is 8.13. The fraction of sp³-hybridized carbons (Fsp3) is 0.211. The zero-order valence-corrected chi connectivity index (χ0v) is 15.2. The molecule has 1 amide bonds. The van der Waals surface area contributed by atoms with Gasteiger partial charge >= 0.3 is 0 Å². The van der Waals surface area contributed by atoms with Crippen LogP contribution in [0.5, 0.6) is 0 Å². The Kier molecular flexibility index (Phi) is 4.16. The largest absolute Gasteiger partial charge is 0.379 e. The molecule has 0 radical (unpaired) electrons. The molecule has 3 N–H and O–H groups in total. The van der Waals surface area contributed by atoms with Crippen molar-refractivity contribution in [2.75, 3.05) is 11.1 Å². The number of carbonyl (C=O) groups excluding carboxylic acids is 1. The normalized spacial score (nSPS) is 20.0. The van der Waals surface area contributed by atoms with Crippen LogP contribution in [0.25, 0.3) is 5.52 Å². The fourth-order valence-corrected chi connectivity index (χ4v) is 4.11. The van der Waals surface area contributed by atoms with Gasteiger partial charge in [0.15, 0.2) is 5.17 Å². The van der Waals surface area contributed by atoms with Gasteiger partial charge in [0, 0.05) is 17.6 Å². The topological polar surface area (TPSA) is 84.8 Å². The van der Waals surface area contributed by atoms with Crippen LogP contribution in [-0.2, 0) is 5.54 Å². The molecule has 1 atom stereocenters. The van der Waals surface area contributed by atoms with Gasteiger partial charge in [-0.05, 0) is 43.2 Å². The zero-order valence-electron chi connectivity index (χ0n) is 14.3. The van der Waals surface area contributed by atoms with E-state index in [0.29, 0.717) is 10.7 Å². The molecule has 4 rings (SSSR count). The van der Waals surface area contributed by atoms with E-state index in [1.807, 2.05) is 48.7 Å². The van der Waals surface area contributed by atoms with Crippen LogP contribution in [0.4, 0.5) is 5.69 Å². The van der Waals surface area contributed by atoms with Crippen molar-refractivity contribution >= 4 is 34.0 Å². The molecule has 2 aromatic heterocycles. The third-order valence-corrected chi connectivity index (χ3v) is 5.40. The summed E-state index contributed by atoms with van der Waals surface area (Å²) in [5, 5.41) is 7.79. The molecule has 0 saturated carbocycles. The zero-order chi connectivity index (χ0) is 18.1. The average molecular weight is 365 g/mol. The van der Waals surface area contributed by atoms with Gasteiger partial charge in [-0.1, -0.05) is 30.0 Å². The number of hydrogen-bond acceptors (Lipinski definition) is 5. The maximum absolute atomic E-state index is 12.7. The van der Waals surface area contributed by atoms with Gasteiger partial charge in [-0.15, -0.1) is 0 Å². The van der Waals surface area contributed by atoms with Gasteiger partial charge in [0.1, 0.15) is 0 Å². The van der Waals surface area contributed by atoms with Crippen molar-refractivity contribution in [2.24, 2.45) is 10.7 Å². The molecule has 1 aromatic carbocycles. The molecule has 1 aliphatic heterocycles. The number of aromatic nitrogens is 2. The van der Waals surface area contributed by atoms with Crippen LogP contribution in [0.15, 0.2) is 59.9 Å². The predicted octanol–water partition coefficient (Wildman–Crippen LogP) is 3.25. The van der Waals surface area contributed by atoms with E-state index < -0.39 is 0 Å². The Hall–Kier alpha value is -2.80. The second kappa shape index (κ2) is 6.49. The number of nitrogens with one attached hydrogen (secondary N) is 1. The van der Waals surface area contributed by atoms with Crippen LogP contribution in [0.1, 0.15) is 29.3 Å². The molecule has 0 bridgehead atoms. The molecule has 3 aromatic rings. The monoisotopic (exact) mass is 365 g/mol. The standard InChI is InChI=1S/C19H19N5OS/c1-19(8-10-26-18(20)23-19)13-5-4-6-14(11-13)22-17(25)15-12-21-24-9-3-2-7-16(15)24/h2-7,9,11-12H,8,10H2,1H3,(H2,20,23)(H,22,25)/t19-/m0/s1. The number of fused-ring (bicyclic) bond motifs is 1. The van der Waals surface area contributed by atoms with Crippen molar-refractivity contribution in [2.45, 2.75) is 18.9 Å². The SMILES string of the molecule is C[C@@]1(c2cccc(NC(=O)c3cnn4ccccc34)c2)CCSC(N)=N1. The molecule has 7 heteroatoms. The summed E-state index contributed by atoms with van der Waals surface area (Å²) in [4.78, 5) is 17.3. The van der Waals surface area contributed by atoms with E-state index in [2.05, 4.69) is 22.3 Å². The first-order valence-corrected chi connectivity index (χ1v) is 9.36. The quantitative estimate of drug-likeness (QED) is 0.746. The summed E-state index contributed by atoms with van der Waals surface area (Å²) in [6, 6.07) is 13.4. The Labute approximate surface area is 155 Å². The van der Waals surface area contributed by atoms with Crippen LogP contribution in [0.3, 0.4) is 0 Å². The number of amides is 1. The minimum atomic E-state index is -0.361. The molecule has 0 fully saturated rings. The van der Waals surface area contributed by atoms with Crippen LogP contribution >= 0.6 is 11.8 Å². The summed E-state index contributed by atoms with van der Waals surface area (Å²) in [5.74, 6) is 0.751. The first kappa shape index (κ1) is 16.7. The highest BCUT2D eigenvalue weighted by atomic mass is 32.2. The lowest BCUT2D eigenvalue weighted by Crippen LogP contribution is -2.28. The number of thioether (sulfide) groups is 1. The Morgan fingerprint density at radius 1 is 1.31 bits per heavy atom. The molecule has 132 valence electrons. The predicted molar refractivity (Wildman–Crippen MR) is 106 cm³/mol. The fourth-order valence-electron chi connectivity index (χ4n) is 3.13. The van der Waals surface area contributed by atoms with Crippen molar-refractivity contribution in [3.63, 3.8) is 0 Å². The molecule has 1 aliphatic rings. The number of aliphatic imine (C=N–C) groups is 1. The maximum Gasteiger partial charge on any atom is 0.259 e. The molecular formula is C19H19N5OS. The van der Waals surface area contributed by atoms with E-state index in [0.717, 1.165) is 28.9 Å². The first-order valence-electron chi connectivity index (χ1n) is 8.38. The Morgan fingerprint density at radius 2 is 2.19 bits per heavy atom.